The summed E-state index contributed by atoms with van der Waals surface area (Å²) in [6.07, 6.45) is -3.69. The van der Waals surface area contributed by atoms with Gasteiger partial charge in [-0.3, -0.25) is 0 Å². The number of fused-ring (bicyclic) bond motifs is 1. The van der Waals surface area contributed by atoms with E-state index in [4.69, 9.17) is 10.8 Å². The molecule has 19 heavy (non-hydrogen) atoms. The van der Waals surface area contributed by atoms with Crippen molar-refractivity contribution >= 4 is 33.3 Å². The minimum Gasteiger partial charge on any atom is -0.385 e. The van der Waals surface area contributed by atoms with E-state index < -0.39 is 12.5 Å². The molecule has 0 fully saturated rings. The Hall–Kier alpha value is -1.54. The molecule has 2 aromatic heterocycles. The topological polar surface area (TPSA) is 84.1 Å². The number of aliphatic hydroxyl groups is 1. The molecule has 104 valence electrons. The van der Waals surface area contributed by atoms with Gasteiger partial charge in [0.15, 0.2) is 0 Å². The number of rotatable bonds is 5. The van der Waals surface area contributed by atoms with Gasteiger partial charge in [0.05, 0.1) is 5.39 Å². The molecule has 0 bridgehead atoms. The van der Waals surface area contributed by atoms with Gasteiger partial charge in [0, 0.05) is 11.4 Å². The van der Waals surface area contributed by atoms with Gasteiger partial charge in [0.2, 0.25) is 5.95 Å². The number of thiophene rings is 1. The van der Waals surface area contributed by atoms with E-state index in [2.05, 4.69) is 15.3 Å². The lowest BCUT2D eigenvalue weighted by atomic mass is 10.3. The van der Waals surface area contributed by atoms with E-state index in [1.165, 1.54) is 11.3 Å². The van der Waals surface area contributed by atoms with Gasteiger partial charge >= 0.3 is 0 Å². The van der Waals surface area contributed by atoms with Crippen molar-refractivity contribution in [3.05, 3.63) is 10.9 Å². The Morgan fingerprint density at radius 2 is 2.21 bits per heavy atom. The van der Waals surface area contributed by atoms with Crippen molar-refractivity contribution in [3.8, 4) is 0 Å². The predicted molar refractivity (Wildman–Crippen MR) is 71.7 cm³/mol. The Balaban J connectivity index is 2.28. The first-order chi connectivity index (χ1) is 9.01. The van der Waals surface area contributed by atoms with Crippen LogP contribution in [0.4, 0.5) is 20.5 Å². The third kappa shape index (κ3) is 3.07. The average Bonchev–Trinajstić information content (AvgIpc) is 2.78. The number of nitrogens with zero attached hydrogens (tertiary/aromatic N) is 2. The number of nitrogens with one attached hydrogen (secondary N) is 1. The van der Waals surface area contributed by atoms with Gasteiger partial charge < -0.3 is 16.2 Å². The summed E-state index contributed by atoms with van der Waals surface area (Å²) in [6, 6.07) is 1.90. The van der Waals surface area contributed by atoms with E-state index in [0.717, 1.165) is 16.7 Å². The van der Waals surface area contributed by atoms with Gasteiger partial charge in [-0.2, -0.15) is 4.98 Å². The fourth-order valence-corrected chi connectivity index (χ4v) is 2.56. The van der Waals surface area contributed by atoms with Gasteiger partial charge in [-0.15, -0.1) is 11.3 Å². The summed E-state index contributed by atoms with van der Waals surface area (Å²) in [5.41, 5.74) is 5.58. The van der Waals surface area contributed by atoms with Crippen molar-refractivity contribution in [3.63, 3.8) is 0 Å². The minimum atomic E-state index is -2.80. The maximum absolute atomic E-state index is 12.2. The van der Waals surface area contributed by atoms with Crippen LogP contribution in [0.25, 0.3) is 10.2 Å². The molecule has 0 aliphatic carbocycles. The summed E-state index contributed by atoms with van der Waals surface area (Å²) in [6.45, 7) is 1.72. The fraction of sp³-hybridized carbons (Fsp3) is 0.455. The second-order valence-electron chi connectivity index (χ2n) is 4.00. The molecular formula is C11H14F2N4OS. The average molecular weight is 288 g/mol. The van der Waals surface area contributed by atoms with Crippen LogP contribution in [-0.2, 0) is 6.42 Å². The Morgan fingerprint density at radius 3 is 2.84 bits per heavy atom. The number of nitrogen functional groups attached to an aromatic ring is 1. The molecule has 2 aromatic rings. The maximum atomic E-state index is 12.2. The van der Waals surface area contributed by atoms with Crippen LogP contribution in [0.2, 0.25) is 0 Å². The molecule has 0 spiro atoms. The van der Waals surface area contributed by atoms with Crippen LogP contribution in [0, 0.1) is 0 Å². The molecule has 8 heteroatoms. The zero-order valence-electron chi connectivity index (χ0n) is 10.2. The quantitative estimate of drug-likeness (QED) is 0.782. The normalized spacial score (nSPS) is 13.1. The van der Waals surface area contributed by atoms with Crippen LogP contribution < -0.4 is 11.1 Å². The van der Waals surface area contributed by atoms with Crippen molar-refractivity contribution in [1.82, 2.24) is 9.97 Å². The van der Waals surface area contributed by atoms with Gasteiger partial charge in [-0.05, 0) is 12.5 Å². The highest BCUT2D eigenvalue weighted by molar-refractivity contribution is 7.18. The molecule has 1 unspecified atom stereocenters. The third-order valence-corrected chi connectivity index (χ3v) is 3.75. The molecule has 0 aliphatic heterocycles. The van der Waals surface area contributed by atoms with Crippen LogP contribution >= 0.6 is 11.3 Å². The summed E-state index contributed by atoms with van der Waals surface area (Å²) < 4.78 is 24.5. The smallest absolute Gasteiger partial charge is 0.265 e. The second-order valence-corrected chi connectivity index (χ2v) is 5.11. The molecule has 5 nitrogen and oxygen atoms in total. The largest absolute Gasteiger partial charge is 0.385 e. The van der Waals surface area contributed by atoms with Crippen LogP contribution in [0.1, 0.15) is 11.8 Å². The number of hydrogen-bond acceptors (Lipinski definition) is 6. The first-order valence-corrected chi connectivity index (χ1v) is 6.59. The van der Waals surface area contributed by atoms with Gasteiger partial charge in [-0.1, -0.05) is 6.92 Å². The first-order valence-electron chi connectivity index (χ1n) is 5.77. The second kappa shape index (κ2) is 5.62. The van der Waals surface area contributed by atoms with Gasteiger partial charge in [0.25, 0.3) is 6.43 Å². The van der Waals surface area contributed by atoms with Crippen molar-refractivity contribution in [2.75, 3.05) is 17.6 Å². The van der Waals surface area contributed by atoms with Crippen molar-refractivity contribution in [1.29, 1.82) is 0 Å². The van der Waals surface area contributed by atoms with Crippen molar-refractivity contribution < 1.29 is 13.9 Å². The molecule has 2 rings (SSSR count). The fourth-order valence-electron chi connectivity index (χ4n) is 1.59. The summed E-state index contributed by atoms with van der Waals surface area (Å²) in [7, 11) is 0. The summed E-state index contributed by atoms with van der Waals surface area (Å²) >= 11 is 1.48. The molecule has 0 aromatic carbocycles. The summed E-state index contributed by atoms with van der Waals surface area (Å²) in [4.78, 5) is 9.90. The van der Waals surface area contributed by atoms with Crippen molar-refractivity contribution in [2.24, 2.45) is 0 Å². The molecule has 1 atom stereocenters. The molecule has 0 saturated carbocycles. The zero-order chi connectivity index (χ0) is 14.0. The Bertz CT molecular complexity index is 575. The Kier molecular flexibility index (Phi) is 4.11. The molecule has 4 N–H and O–H groups in total. The zero-order valence-corrected chi connectivity index (χ0v) is 11.0. The van der Waals surface area contributed by atoms with E-state index >= 15 is 0 Å². The molecular weight excluding hydrogens is 274 g/mol. The highest BCUT2D eigenvalue weighted by Crippen LogP contribution is 2.29. The highest BCUT2D eigenvalue weighted by atomic mass is 32.1. The summed E-state index contributed by atoms with van der Waals surface area (Å²) in [5, 5.41) is 12.5. The van der Waals surface area contributed by atoms with Crippen LogP contribution in [0.15, 0.2) is 6.07 Å². The number of hydrogen-bond donors (Lipinski definition) is 3. The summed E-state index contributed by atoms with van der Waals surface area (Å²) in [5.74, 6) is 0.448. The first kappa shape index (κ1) is 13.9. The number of nitrogens with two attached hydrogens (primary N) is 1. The number of anilines is 2. The van der Waals surface area contributed by atoms with E-state index in [-0.39, 0.29) is 12.5 Å². The number of halogens is 2. The minimum absolute atomic E-state index is 0.0750. The molecule has 0 radical (unpaired) electrons. The molecule has 0 amide bonds. The predicted octanol–water partition coefficient (Wildman–Crippen LogP) is 1.87. The third-order valence-electron chi connectivity index (χ3n) is 2.58. The Morgan fingerprint density at radius 1 is 1.47 bits per heavy atom. The van der Waals surface area contributed by atoms with Crippen molar-refractivity contribution in [2.45, 2.75) is 25.9 Å². The van der Waals surface area contributed by atoms with Crippen LogP contribution in [-0.4, -0.2) is 34.1 Å². The monoisotopic (exact) mass is 288 g/mol. The molecule has 2 heterocycles. The SMILES string of the molecule is CCc1cc2c(NCC(O)C(F)F)nc(N)nc2s1. The lowest BCUT2D eigenvalue weighted by Gasteiger charge is -2.11. The maximum Gasteiger partial charge on any atom is 0.265 e. The number of alkyl halides is 2. The molecule has 0 saturated heterocycles. The number of aromatic nitrogens is 2. The van der Waals surface area contributed by atoms with E-state index in [1.807, 2.05) is 13.0 Å². The van der Waals surface area contributed by atoms with Crippen LogP contribution in [0.3, 0.4) is 0 Å². The number of aryl methyl sites for hydroxylation is 1. The van der Waals surface area contributed by atoms with E-state index in [0.29, 0.717) is 10.6 Å². The highest BCUT2D eigenvalue weighted by Gasteiger charge is 2.17. The van der Waals surface area contributed by atoms with Gasteiger partial charge in [-0.25, -0.2) is 13.8 Å². The van der Waals surface area contributed by atoms with E-state index in [1.54, 1.807) is 0 Å². The van der Waals surface area contributed by atoms with E-state index in [9.17, 15) is 8.78 Å². The Labute approximate surface area is 112 Å². The lowest BCUT2D eigenvalue weighted by molar-refractivity contribution is 0.00382. The van der Waals surface area contributed by atoms with Crippen LogP contribution in [0.5, 0.6) is 0 Å². The number of aliphatic hydroxyl groups excluding tert-OH is 1. The molecule has 0 aliphatic rings. The van der Waals surface area contributed by atoms with Gasteiger partial charge in [0.1, 0.15) is 16.8 Å². The standard InChI is InChI=1S/C11H14F2N4OS/c1-2-5-3-6-9(15-4-7(18)8(12)13)16-11(14)17-10(6)19-5/h3,7-8,18H,2,4H2,1H3,(H3,14,15,16,17). The lowest BCUT2D eigenvalue weighted by Crippen LogP contribution is -2.27.